The lowest BCUT2D eigenvalue weighted by molar-refractivity contribution is -0.140. The van der Waals surface area contributed by atoms with Gasteiger partial charge in [-0.05, 0) is 68.2 Å². The molecule has 2 bridgehead atoms. The van der Waals surface area contributed by atoms with Gasteiger partial charge in [0.2, 0.25) is 0 Å². The highest BCUT2D eigenvalue weighted by Gasteiger charge is 2.37. The molecule has 1 amide bonds. The maximum atomic E-state index is 13.3. The number of piperidine rings is 1. The van der Waals surface area contributed by atoms with E-state index in [1.54, 1.807) is 17.8 Å². The van der Waals surface area contributed by atoms with Gasteiger partial charge in [0.25, 0.3) is 11.5 Å². The van der Waals surface area contributed by atoms with Crippen LogP contribution < -0.4 is 15.6 Å². The van der Waals surface area contributed by atoms with Crippen molar-refractivity contribution in [1.82, 2.24) is 9.47 Å². The quantitative estimate of drug-likeness (QED) is 0.759. The number of pyridine rings is 1. The molecule has 176 valence electrons. The third-order valence-electron chi connectivity index (χ3n) is 7.45. The Kier molecular flexibility index (Phi) is 6.40. The Hall–Kier alpha value is -2.80. The molecule has 2 aromatic rings. The number of hydrogen-bond acceptors (Lipinski definition) is 5. The van der Waals surface area contributed by atoms with E-state index in [4.69, 9.17) is 9.47 Å². The first-order chi connectivity index (χ1) is 16.1. The number of carbonyl (C=O) groups is 1. The van der Waals surface area contributed by atoms with Crippen LogP contribution in [-0.4, -0.2) is 53.3 Å². The van der Waals surface area contributed by atoms with Crippen LogP contribution in [0.5, 0.6) is 5.75 Å². The molecule has 1 aromatic carbocycles. The first-order valence-electron chi connectivity index (χ1n) is 12.1. The van der Waals surface area contributed by atoms with Crippen LogP contribution >= 0.6 is 0 Å². The van der Waals surface area contributed by atoms with Gasteiger partial charge in [0.15, 0.2) is 6.61 Å². The highest BCUT2D eigenvalue weighted by Crippen LogP contribution is 2.39. The average Bonchev–Trinajstić information content (AvgIpc) is 2.86. The normalized spacial score (nSPS) is 27.9. The predicted octanol–water partition coefficient (Wildman–Crippen LogP) is 3.29. The van der Waals surface area contributed by atoms with Crippen LogP contribution in [0.3, 0.4) is 0 Å². The highest BCUT2D eigenvalue weighted by molar-refractivity contribution is 5.78. The largest absolute Gasteiger partial charge is 0.483 e. The smallest absolute Gasteiger partial charge is 0.273 e. The standard InChI is InChI=1S/C26H33N3O4/c1-28-14-4-8-22(26(28)31)27-21-7-5-15-29-23(21)16-32-19-12-10-18(11-13-19)20-6-2-3-9-24(20)33-17-25(29)30/h2-4,6,8-9,14,18-19,21,23,27H,5,7,10-13,15-17H2,1H3/t18?,19?,21-,23-/m0/s1. The fourth-order valence-electron chi connectivity index (χ4n) is 5.59. The maximum absolute atomic E-state index is 13.3. The van der Waals surface area contributed by atoms with E-state index in [0.717, 1.165) is 44.3 Å². The molecule has 7 heteroatoms. The van der Waals surface area contributed by atoms with E-state index in [0.29, 0.717) is 24.8 Å². The summed E-state index contributed by atoms with van der Waals surface area (Å²) in [5, 5.41) is 3.44. The molecule has 0 spiro atoms. The Balaban J connectivity index is 1.42. The van der Waals surface area contributed by atoms with Crippen LogP contribution in [-0.2, 0) is 16.6 Å². The molecule has 2 atom stereocenters. The van der Waals surface area contributed by atoms with Crippen LogP contribution in [0, 0.1) is 0 Å². The molecule has 4 heterocycles. The zero-order valence-electron chi connectivity index (χ0n) is 19.2. The number of anilines is 1. The third-order valence-corrected chi connectivity index (χ3v) is 7.45. The van der Waals surface area contributed by atoms with Gasteiger partial charge in [-0.2, -0.15) is 0 Å². The number of carbonyl (C=O) groups excluding carboxylic acids is 1. The summed E-state index contributed by atoms with van der Waals surface area (Å²) < 4.78 is 14.1. The molecule has 1 aliphatic carbocycles. The number of rotatable bonds is 2. The minimum absolute atomic E-state index is 0.0173. The number of hydrogen-bond donors (Lipinski definition) is 1. The molecule has 1 N–H and O–H groups in total. The van der Waals surface area contributed by atoms with Crippen molar-refractivity contribution in [2.45, 2.75) is 62.6 Å². The molecule has 33 heavy (non-hydrogen) atoms. The monoisotopic (exact) mass is 451 g/mol. The summed E-state index contributed by atoms with van der Waals surface area (Å²) in [7, 11) is 1.75. The number of para-hydroxylation sites is 1. The van der Waals surface area contributed by atoms with Gasteiger partial charge in [0, 0.05) is 25.8 Å². The molecule has 0 unspecified atom stereocenters. The van der Waals surface area contributed by atoms with Crippen LogP contribution in [0.15, 0.2) is 47.4 Å². The second-order valence-electron chi connectivity index (χ2n) is 9.52. The van der Waals surface area contributed by atoms with Crippen LogP contribution in [0.4, 0.5) is 5.69 Å². The highest BCUT2D eigenvalue weighted by atomic mass is 16.5. The molecule has 7 nitrogen and oxygen atoms in total. The SMILES string of the molecule is Cn1cccc(N[C@H]2CCCN3C(=O)COc4ccccc4C4CCC(CC4)OC[C@@H]23)c1=O. The topological polar surface area (TPSA) is 72.8 Å². The van der Waals surface area contributed by atoms with E-state index in [9.17, 15) is 9.59 Å². The van der Waals surface area contributed by atoms with Crippen molar-refractivity contribution in [2.75, 3.05) is 25.1 Å². The molecule has 1 saturated carbocycles. The lowest BCUT2D eigenvalue weighted by Gasteiger charge is -2.42. The fourth-order valence-corrected chi connectivity index (χ4v) is 5.59. The second-order valence-corrected chi connectivity index (χ2v) is 9.52. The molecule has 6 rings (SSSR count). The Morgan fingerprint density at radius 2 is 1.82 bits per heavy atom. The summed E-state index contributed by atoms with van der Waals surface area (Å²) in [6, 6.07) is 11.6. The molecule has 2 fully saturated rings. The lowest BCUT2D eigenvalue weighted by Crippen LogP contribution is -2.57. The number of nitrogens with one attached hydrogen (secondary N) is 1. The number of aromatic nitrogens is 1. The molecule has 0 radical (unpaired) electrons. The van der Waals surface area contributed by atoms with Gasteiger partial charge in [-0.25, -0.2) is 0 Å². The number of fused-ring (bicyclic) bond motifs is 5. The van der Waals surface area contributed by atoms with Crippen molar-refractivity contribution < 1.29 is 14.3 Å². The van der Waals surface area contributed by atoms with Crippen LogP contribution in [0.25, 0.3) is 0 Å². The van der Waals surface area contributed by atoms with Crippen molar-refractivity contribution in [3.8, 4) is 5.75 Å². The summed E-state index contributed by atoms with van der Waals surface area (Å²) in [5.74, 6) is 1.24. The zero-order valence-corrected chi connectivity index (χ0v) is 19.2. The molecular weight excluding hydrogens is 418 g/mol. The van der Waals surface area contributed by atoms with Gasteiger partial charge in [0.05, 0.1) is 18.8 Å². The summed E-state index contributed by atoms with van der Waals surface area (Å²) in [5.41, 5.74) is 1.70. The first kappa shape index (κ1) is 22.0. The summed E-state index contributed by atoms with van der Waals surface area (Å²) in [6.45, 7) is 1.17. The van der Waals surface area contributed by atoms with Crippen molar-refractivity contribution >= 4 is 11.6 Å². The van der Waals surface area contributed by atoms with Gasteiger partial charge in [0.1, 0.15) is 11.4 Å². The Morgan fingerprint density at radius 3 is 2.67 bits per heavy atom. The zero-order chi connectivity index (χ0) is 22.8. The van der Waals surface area contributed by atoms with E-state index in [1.807, 2.05) is 29.2 Å². The number of amides is 1. The van der Waals surface area contributed by atoms with Gasteiger partial charge in [-0.15, -0.1) is 0 Å². The van der Waals surface area contributed by atoms with Crippen molar-refractivity contribution in [3.63, 3.8) is 0 Å². The van der Waals surface area contributed by atoms with Gasteiger partial charge in [-0.3, -0.25) is 9.59 Å². The molecule has 1 saturated heterocycles. The minimum Gasteiger partial charge on any atom is -0.483 e. The molecule has 1 aromatic heterocycles. The summed E-state index contributed by atoms with van der Waals surface area (Å²) in [6.07, 6.45) is 7.86. The van der Waals surface area contributed by atoms with E-state index in [1.165, 1.54) is 5.56 Å². The van der Waals surface area contributed by atoms with E-state index in [-0.39, 0.29) is 36.3 Å². The molecular formula is C26H33N3O4. The summed E-state index contributed by atoms with van der Waals surface area (Å²) >= 11 is 0. The first-order valence-corrected chi connectivity index (χ1v) is 12.1. The van der Waals surface area contributed by atoms with Gasteiger partial charge in [-0.1, -0.05) is 18.2 Å². The number of ether oxygens (including phenoxy) is 2. The minimum atomic E-state index is -0.145. The van der Waals surface area contributed by atoms with Crippen molar-refractivity contribution in [1.29, 1.82) is 0 Å². The number of nitrogens with zero attached hydrogens (tertiary/aromatic N) is 2. The summed E-state index contributed by atoms with van der Waals surface area (Å²) in [4.78, 5) is 27.8. The number of benzene rings is 1. The fraction of sp³-hybridized carbons (Fsp3) is 0.538. The third kappa shape index (κ3) is 4.64. The van der Waals surface area contributed by atoms with E-state index < -0.39 is 0 Å². The second kappa shape index (κ2) is 9.59. The van der Waals surface area contributed by atoms with Gasteiger partial charge >= 0.3 is 0 Å². The Bertz CT molecular complexity index is 1040. The molecule has 3 aliphatic heterocycles. The Labute approximate surface area is 194 Å². The maximum Gasteiger partial charge on any atom is 0.273 e. The number of aryl methyl sites for hydroxylation is 1. The predicted molar refractivity (Wildman–Crippen MR) is 127 cm³/mol. The van der Waals surface area contributed by atoms with Crippen molar-refractivity contribution in [3.05, 3.63) is 58.5 Å². The van der Waals surface area contributed by atoms with Crippen molar-refractivity contribution in [2.24, 2.45) is 7.05 Å². The van der Waals surface area contributed by atoms with E-state index in [2.05, 4.69) is 17.4 Å². The average molecular weight is 452 g/mol. The van der Waals surface area contributed by atoms with Crippen LogP contribution in [0.2, 0.25) is 0 Å². The Morgan fingerprint density at radius 1 is 1.00 bits per heavy atom. The lowest BCUT2D eigenvalue weighted by atomic mass is 9.82. The van der Waals surface area contributed by atoms with E-state index >= 15 is 0 Å². The van der Waals surface area contributed by atoms with Crippen LogP contribution in [0.1, 0.15) is 50.0 Å². The molecule has 4 aliphatic rings. The van der Waals surface area contributed by atoms with Gasteiger partial charge < -0.3 is 24.3 Å².